The Morgan fingerprint density at radius 1 is 1.00 bits per heavy atom. The van der Waals surface area contributed by atoms with Crippen LogP contribution in [0.25, 0.3) is 16.6 Å². The van der Waals surface area contributed by atoms with E-state index in [1.807, 2.05) is 22.6 Å². The Kier molecular flexibility index (Phi) is 7.73. The zero-order valence-corrected chi connectivity index (χ0v) is 24.9. The molecule has 0 saturated carbocycles. The SMILES string of the molecule is CC(=O)Nc1cccc(-n2c(=O)n(Cc3ccc(O)cc3)c(=O)c3c(Nc4ccc(I)cc4F)n(C)c(=O)c(C)c32)c1. The summed E-state index contributed by atoms with van der Waals surface area (Å²) in [6.45, 7) is 2.71. The second-order valence-corrected chi connectivity index (χ2v) is 11.0. The van der Waals surface area contributed by atoms with Crippen molar-refractivity contribution in [3.05, 3.63) is 118 Å². The van der Waals surface area contributed by atoms with Gasteiger partial charge in [0.05, 0.1) is 23.4 Å². The predicted octanol–water partition coefficient (Wildman–Crippen LogP) is 4.36. The Bertz CT molecular complexity index is 2070. The predicted molar refractivity (Wildman–Crippen MR) is 168 cm³/mol. The molecule has 3 aromatic carbocycles. The number of phenols is 1. The molecule has 2 heterocycles. The molecule has 0 aliphatic heterocycles. The van der Waals surface area contributed by atoms with Gasteiger partial charge in [-0.1, -0.05) is 18.2 Å². The highest BCUT2D eigenvalue weighted by Crippen LogP contribution is 2.28. The van der Waals surface area contributed by atoms with Crippen molar-refractivity contribution in [2.75, 3.05) is 10.6 Å². The van der Waals surface area contributed by atoms with E-state index in [1.54, 1.807) is 42.5 Å². The first kappa shape index (κ1) is 28.8. The van der Waals surface area contributed by atoms with Crippen molar-refractivity contribution < 1.29 is 14.3 Å². The maximum absolute atomic E-state index is 15.0. The first-order valence-corrected chi connectivity index (χ1v) is 13.8. The summed E-state index contributed by atoms with van der Waals surface area (Å²) >= 11 is 1.97. The van der Waals surface area contributed by atoms with E-state index in [9.17, 15) is 28.7 Å². The lowest BCUT2D eigenvalue weighted by Crippen LogP contribution is -2.41. The van der Waals surface area contributed by atoms with Crippen molar-refractivity contribution in [1.82, 2.24) is 13.7 Å². The molecule has 5 aromatic rings. The number of nitrogens with zero attached hydrogens (tertiary/aromatic N) is 3. The summed E-state index contributed by atoms with van der Waals surface area (Å²) in [5.74, 6) is -0.896. The summed E-state index contributed by atoms with van der Waals surface area (Å²) in [4.78, 5) is 53.5. The van der Waals surface area contributed by atoms with Crippen LogP contribution in [0, 0.1) is 16.3 Å². The number of aromatic hydroxyl groups is 1. The third-order valence-electron chi connectivity index (χ3n) is 6.78. The highest BCUT2D eigenvalue weighted by atomic mass is 127. The molecule has 0 radical (unpaired) electrons. The zero-order chi connectivity index (χ0) is 30.3. The minimum atomic E-state index is -0.733. The van der Waals surface area contributed by atoms with Crippen LogP contribution >= 0.6 is 22.6 Å². The normalized spacial score (nSPS) is 11.1. The largest absolute Gasteiger partial charge is 0.508 e. The van der Waals surface area contributed by atoms with Gasteiger partial charge in [0.2, 0.25) is 5.91 Å². The Balaban J connectivity index is 1.90. The van der Waals surface area contributed by atoms with E-state index in [4.69, 9.17) is 0 Å². The molecule has 0 bridgehead atoms. The van der Waals surface area contributed by atoms with Gasteiger partial charge in [-0.2, -0.15) is 0 Å². The van der Waals surface area contributed by atoms with E-state index >= 15 is 0 Å². The van der Waals surface area contributed by atoms with Crippen LogP contribution in [0.5, 0.6) is 5.75 Å². The lowest BCUT2D eigenvalue weighted by atomic mass is 10.1. The number of aryl methyl sites for hydroxylation is 1. The standard InChI is InChI=1S/C30H25FIN5O5/c1-16-26-25(27(35(3)28(16)40)34-24-12-9-19(32)13-23(24)31)29(41)36(15-18-7-10-22(39)11-8-18)30(42)37(26)21-6-4-5-20(14-21)33-17(2)38/h4-14,34,39H,15H2,1-3H3,(H,33,38). The van der Waals surface area contributed by atoms with Crippen LogP contribution in [0.15, 0.2) is 81.1 Å². The number of nitrogens with one attached hydrogen (secondary N) is 2. The van der Waals surface area contributed by atoms with Crippen LogP contribution in [-0.2, 0) is 18.4 Å². The van der Waals surface area contributed by atoms with Crippen LogP contribution in [0.3, 0.4) is 0 Å². The van der Waals surface area contributed by atoms with Gasteiger partial charge in [0, 0.05) is 28.8 Å². The minimum Gasteiger partial charge on any atom is -0.508 e. The van der Waals surface area contributed by atoms with Crippen LogP contribution in [0.1, 0.15) is 18.1 Å². The van der Waals surface area contributed by atoms with Crippen molar-refractivity contribution in [3.63, 3.8) is 0 Å². The van der Waals surface area contributed by atoms with E-state index in [1.165, 1.54) is 54.3 Å². The number of aromatic nitrogens is 3. The number of carbonyl (C=O) groups is 1. The molecule has 5 rings (SSSR count). The third kappa shape index (κ3) is 5.32. The number of halogens is 2. The zero-order valence-electron chi connectivity index (χ0n) is 22.7. The Labute approximate surface area is 251 Å². The molecule has 0 atom stereocenters. The Morgan fingerprint density at radius 3 is 2.38 bits per heavy atom. The molecule has 0 aliphatic carbocycles. The first-order valence-electron chi connectivity index (χ1n) is 12.7. The summed E-state index contributed by atoms with van der Waals surface area (Å²) < 4.78 is 19.1. The van der Waals surface area contributed by atoms with Crippen molar-refractivity contribution >= 4 is 56.6 Å². The highest BCUT2D eigenvalue weighted by Gasteiger charge is 2.24. The van der Waals surface area contributed by atoms with Crippen LogP contribution in [0.4, 0.5) is 21.6 Å². The first-order chi connectivity index (χ1) is 20.0. The fourth-order valence-corrected chi connectivity index (χ4v) is 5.25. The molecule has 42 heavy (non-hydrogen) atoms. The Hall–Kier alpha value is -4.72. The number of pyridine rings is 1. The maximum Gasteiger partial charge on any atom is 0.336 e. The van der Waals surface area contributed by atoms with Crippen LogP contribution in [-0.4, -0.2) is 24.7 Å². The summed E-state index contributed by atoms with van der Waals surface area (Å²) in [6.07, 6.45) is 0. The van der Waals surface area contributed by atoms with Gasteiger partial charge < -0.3 is 15.7 Å². The lowest BCUT2D eigenvalue weighted by molar-refractivity contribution is -0.114. The van der Waals surface area contributed by atoms with Crippen molar-refractivity contribution in [3.8, 4) is 11.4 Å². The molecule has 0 spiro atoms. The average molecular weight is 681 g/mol. The van der Waals surface area contributed by atoms with Gasteiger partial charge in [-0.15, -0.1) is 0 Å². The molecular formula is C30H25FIN5O5. The number of fused-ring (bicyclic) bond motifs is 1. The number of hydrogen-bond donors (Lipinski definition) is 3. The van der Waals surface area contributed by atoms with Crippen LogP contribution in [0.2, 0.25) is 0 Å². The molecule has 0 unspecified atom stereocenters. The number of amides is 1. The number of anilines is 3. The van der Waals surface area contributed by atoms with Crippen LogP contribution < -0.4 is 27.4 Å². The fourth-order valence-electron chi connectivity index (χ4n) is 4.80. The number of benzene rings is 3. The number of phenolic OH excluding ortho intramolecular Hbond substituents is 1. The molecule has 0 aliphatic rings. The van der Waals surface area contributed by atoms with E-state index in [-0.39, 0.29) is 46.2 Å². The number of carbonyl (C=O) groups excluding carboxylic acids is 1. The molecule has 214 valence electrons. The minimum absolute atomic E-state index is 0.00284. The number of rotatable bonds is 6. The van der Waals surface area contributed by atoms with Gasteiger partial charge in [-0.25, -0.2) is 9.18 Å². The van der Waals surface area contributed by atoms with Gasteiger partial charge in [0.25, 0.3) is 11.1 Å². The molecular weight excluding hydrogens is 656 g/mol. The second-order valence-electron chi connectivity index (χ2n) is 9.72. The van der Waals surface area contributed by atoms with Crippen molar-refractivity contribution in [2.45, 2.75) is 20.4 Å². The summed E-state index contributed by atoms with van der Waals surface area (Å²) in [5.41, 5.74) is -0.489. The molecule has 0 saturated heterocycles. The molecule has 10 nitrogen and oxygen atoms in total. The average Bonchev–Trinajstić information content (AvgIpc) is 2.94. The lowest BCUT2D eigenvalue weighted by Gasteiger charge is -2.21. The van der Waals surface area contributed by atoms with Gasteiger partial charge in [0.1, 0.15) is 22.8 Å². The van der Waals surface area contributed by atoms with Crippen molar-refractivity contribution in [2.24, 2.45) is 7.05 Å². The summed E-state index contributed by atoms with van der Waals surface area (Å²) in [6, 6.07) is 17.0. The molecule has 2 aromatic heterocycles. The van der Waals surface area contributed by atoms with E-state index in [2.05, 4.69) is 10.6 Å². The van der Waals surface area contributed by atoms with E-state index < -0.39 is 22.6 Å². The number of hydrogen-bond acceptors (Lipinski definition) is 6. The monoisotopic (exact) mass is 681 g/mol. The second kappa shape index (κ2) is 11.3. The maximum atomic E-state index is 15.0. The smallest absolute Gasteiger partial charge is 0.336 e. The highest BCUT2D eigenvalue weighted by molar-refractivity contribution is 14.1. The molecule has 1 amide bonds. The quantitative estimate of drug-likeness (QED) is 0.229. The molecule has 12 heteroatoms. The summed E-state index contributed by atoms with van der Waals surface area (Å²) in [5, 5.41) is 15.3. The van der Waals surface area contributed by atoms with E-state index in [0.717, 1.165) is 4.57 Å². The van der Waals surface area contributed by atoms with Gasteiger partial charge in [-0.05, 0) is 83.6 Å². The Morgan fingerprint density at radius 2 is 1.71 bits per heavy atom. The third-order valence-corrected chi connectivity index (χ3v) is 7.45. The van der Waals surface area contributed by atoms with Gasteiger partial charge >= 0.3 is 5.69 Å². The summed E-state index contributed by atoms with van der Waals surface area (Å²) in [7, 11) is 1.46. The fraction of sp³-hybridized carbons (Fsp3) is 0.133. The topological polar surface area (TPSA) is 127 Å². The van der Waals surface area contributed by atoms with E-state index in [0.29, 0.717) is 20.5 Å². The van der Waals surface area contributed by atoms with Gasteiger partial charge in [-0.3, -0.25) is 28.1 Å². The molecule has 3 N–H and O–H groups in total. The van der Waals surface area contributed by atoms with Gasteiger partial charge in [0.15, 0.2) is 0 Å². The van der Waals surface area contributed by atoms with Crippen molar-refractivity contribution in [1.29, 1.82) is 0 Å². The molecule has 0 fully saturated rings.